The highest BCUT2D eigenvalue weighted by Gasteiger charge is 2.59. The molecule has 0 bridgehead atoms. The first kappa shape index (κ1) is 18.8. The average molecular weight is 362 g/mol. The molecule has 0 spiro atoms. The Morgan fingerprint density at radius 1 is 1.42 bits per heavy atom. The predicted molar refractivity (Wildman–Crippen MR) is 92.6 cm³/mol. The summed E-state index contributed by atoms with van der Waals surface area (Å²) in [5.74, 6) is -1.71. The summed E-state index contributed by atoms with van der Waals surface area (Å²) in [6, 6.07) is 0. The van der Waals surface area contributed by atoms with Gasteiger partial charge in [0.05, 0.1) is 0 Å². The van der Waals surface area contributed by atoms with Gasteiger partial charge in [0, 0.05) is 23.3 Å². The number of Topliss-reactive ketones (excluding diaryl/α,β-unsaturated/α-hetero) is 1. The summed E-state index contributed by atoms with van der Waals surface area (Å²) in [7, 11) is 0. The normalized spacial score (nSPS) is 36.8. The number of aliphatic hydroxyl groups is 1. The lowest BCUT2D eigenvalue weighted by atomic mass is 9.55. The van der Waals surface area contributed by atoms with Crippen LogP contribution in [0.5, 0.6) is 0 Å². The van der Waals surface area contributed by atoms with Crippen LogP contribution in [0.1, 0.15) is 47.0 Å². The van der Waals surface area contributed by atoms with E-state index >= 15 is 0 Å². The van der Waals surface area contributed by atoms with Gasteiger partial charge in [-0.2, -0.15) is 0 Å². The van der Waals surface area contributed by atoms with Gasteiger partial charge in [-0.15, -0.1) is 0 Å². The SMILES string of the molecule is C=C1C(=O)OC2CC3(C)C(O)C(=O)C(OC(=O)CC(C)C)=C(C)C3CC12. The number of esters is 2. The molecule has 2 fully saturated rings. The van der Waals surface area contributed by atoms with Crippen LogP contribution in [0, 0.1) is 23.2 Å². The third kappa shape index (κ3) is 2.80. The number of ketones is 1. The van der Waals surface area contributed by atoms with E-state index in [2.05, 4.69) is 6.58 Å². The van der Waals surface area contributed by atoms with E-state index in [0.29, 0.717) is 24.0 Å². The number of fused-ring (bicyclic) bond motifs is 2. The van der Waals surface area contributed by atoms with Crippen molar-refractivity contribution in [3.8, 4) is 0 Å². The Morgan fingerprint density at radius 3 is 2.69 bits per heavy atom. The van der Waals surface area contributed by atoms with Gasteiger partial charge in [-0.3, -0.25) is 9.59 Å². The molecule has 1 N–H and O–H groups in total. The zero-order chi connectivity index (χ0) is 19.4. The van der Waals surface area contributed by atoms with Crippen LogP contribution in [-0.2, 0) is 23.9 Å². The largest absolute Gasteiger partial charge is 0.458 e. The molecule has 5 unspecified atom stereocenters. The second-order valence-corrected chi connectivity index (χ2v) is 8.42. The molecule has 2 aliphatic carbocycles. The monoisotopic (exact) mass is 362 g/mol. The molecule has 0 radical (unpaired) electrons. The molecule has 5 atom stereocenters. The summed E-state index contributed by atoms with van der Waals surface area (Å²) >= 11 is 0. The molecule has 0 aromatic rings. The van der Waals surface area contributed by atoms with Gasteiger partial charge in [-0.25, -0.2) is 4.79 Å². The number of aliphatic hydroxyl groups excluding tert-OH is 1. The second-order valence-electron chi connectivity index (χ2n) is 8.42. The number of rotatable bonds is 3. The van der Waals surface area contributed by atoms with Crippen LogP contribution >= 0.6 is 0 Å². The molecule has 1 heterocycles. The molecular formula is C20H26O6. The molecule has 1 aliphatic heterocycles. The van der Waals surface area contributed by atoms with Crippen molar-refractivity contribution in [3.05, 3.63) is 23.5 Å². The fourth-order valence-electron chi connectivity index (χ4n) is 4.62. The number of carbonyl (C=O) groups is 3. The van der Waals surface area contributed by atoms with Crippen LogP contribution in [0.3, 0.4) is 0 Å². The van der Waals surface area contributed by atoms with E-state index in [0.717, 1.165) is 0 Å². The van der Waals surface area contributed by atoms with Crippen molar-refractivity contribution in [3.63, 3.8) is 0 Å². The van der Waals surface area contributed by atoms with Crippen molar-refractivity contribution in [1.29, 1.82) is 0 Å². The third-order valence-electron chi connectivity index (χ3n) is 6.11. The lowest BCUT2D eigenvalue weighted by Gasteiger charge is -2.50. The second kappa shape index (κ2) is 6.34. The highest BCUT2D eigenvalue weighted by atomic mass is 16.6. The average Bonchev–Trinajstić information content (AvgIpc) is 2.81. The first-order chi connectivity index (χ1) is 12.1. The molecular weight excluding hydrogens is 336 g/mol. The first-order valence-corrected chi connectivity index (χ1v) is 9.09. The van der Waals surface area contributed by atoms with E-state index in [1.54, 1.807) is 6.92 Å². The molecule has 0 aromatic carbocycles. The number of hydrogen-bond donors (Lipinski definition) is 1. The molecule has 142 valence electrons. The number of ether oxygens (including phenoxy) is 2. The predicted octanol–water partition coefficient (Wildman–Crippen LogP) is 2.31. The fourth-order valence-corrected chi connectivity index (χ4v) is 4.62. The summed E-state index contributed by atoms with van der Waals surface area (Å²) in [6.07, 6.45) is -0.549. The highest BCUT2D eigenvalue weighted by molar-refractivity contribution is 6.01. The van der Waals surface area contributed by atoms with Crippen LogP contribution in [0.25, 0.3) is 0 Å². The first-order valence-electron chi connectivity index (χ1n) is 9.09. The maximum Gasteiger partial charge on any atom is 0.334 e. The van der Waals surface area contributed by atoms with Crippen molar-refractivity contribution in [2.75, 3.05) is 0 Å². The number of carbonyl (C=O) groups excluding carboxylic acids is 3. The van der Waals surface area contributed by atoms with Crippen LogP contribution in [-0.4, -0.2) is 35.0 Å². The molecule has 3 aliphatic rings. The van der Waals surface area contributed by atoms with Gasteiger partial charge >= 0.3 is 11.9 Å². The maximum atomic E-state index is 12.7. The van der Waals surface area contributed by atoms with E-state index in [4.69, 9.17) is 9.47 Å². The Bertz CT molecular complexity index is 718. The summed E-state index contributed by atoms with van der Waals surface area (Å²) < 4.78 is 10.7. The van der Waals surface area contributed by atoms with Crippen LogP contribution in [0.15, 0.2) is 23.5 Å². The van der Waals surface area contributed by atoms with Gasteiger partial charge in [-0.05, 0) is 37.2 Å². The molecule has 26 heavy (non-hydrogen) atoms. The molecule has 3 rings (SSSR count). The van der Waals surface area contributed by atoms with E-state index in [1.807, 2.05) is 20.8 Å². The smallest absolute Gasteiger partial charge is 0.334 e. The Kier molecular flexibility index (Phi) is 4.59. The standard InChI is InChI=1S/C20H26O6/c1-9(2)6-15(21)26-17-11(4)13-7-12-10(3)19(24)25-14(12)8-20(13,5)18(23)16(17)22/h9,12-14,18,23H,3,6-8H2,1-2,4-5H3. The quantitative estimate of drug-likeness (QED) is 0.612. The van der Waals surface area contributed by atoms with E-state index in [1.165, 1.54) is 0 Å². The van der Waals surface area contributed by atoms with Gasteiger partial charge < -0.3 is 14.6 Å². The molecule has 6 heteroatoms. The van der Waals surface area contributed by atoms with Crippen molar-refractivity contribution < 1.29 is 29.0 Å². The van der Waals surface area contributed by atoms with Gasteiger partial charge in [-0.1, -0.05) is 27.4 Å². The summed E-state index contributed by atoms with van der Waals surface area (Å²) in [5, 5.41) is 10.7. The van der Waals surface area contributed by atoms with Gasteiger partial charge in [0.1, 0.15) is 12.2 Å². The van der Waals surface area contributed by atoms with Gasteiger partial charge in [0.2, 0.25) is 5.78 Å². The molecule has 0 aromatic heterocycles. The topological polar surface area (TPSA) is 89.9 Å². The molecule has 1 saturated carbocycles. The minimum atomic E-state index is -1.30. The summed E-state index contributed by atoms with van der Waals surface area (Å²) in [5.41, 5.74) is 0.335. The van der Waals surface area contributed by atoms with E-state index in [9.17, 15) is 19.5 Å². The minimum absolute atomic E-state index is 0.0417. The van der Waals surface area contributed by atoms with Crippen LogP contribution in [0.2, 0.25) is 0 Å². The molecule has 6 nitrogen and oxygen atoms in total. The summed E-state index contributed by atoms with van der Waals surface area (Å²) in [4.78, 5) is 36.7. The molecule has 1 saturated heterocycles. The minimum Gasteiger partial charge on any atom is -0.458 e. The highest BCUT2D eigenvalue weighted by Crippen LogP contribution is 2.56. The van der Waals surface area contributed by atoms with Crippen molar-refractivity contribution in [2.45, 2.75) is 59.2 Å². The molecule has 0 amide bonds. The van der Waals surface area contributed by atoms with Crippen LogP contribution < -0.4 is 0 Å². The van der Waals surface area contributed by atoms with E-state index < -0.39 is 29.2 Å². The van der Waals surface area contributed by atoms with Gasteiger partial charge in [0.25, 0.3) is 0 Å². The summed E-state index contributed by atoms with van der Waals surface area (Å²) in [6.45, 7) is 11.2. The van der Waals surface area contributed by atoms with Crippen molar-refractivity contribution in [2.24, 2.45) is 23.2 Å². The van der Waals surface area contributed by atoms with Crippen molar-refractivity contribution in [1.82, 2.24) is 0 Å². The Morgan fingerprint density at radius 2 is 2.08 bits per heavy atom. The Balaban J connectivity index is 1.94. The maximum absolute atomic E-state index is 12.7. The van der Waals surface area contributed by atoms with Crippen molar-refractivity contribution >= 4 is 17.7 Å². The number of allylic oxidation sites excluding steroid dienone is 1. The lowest BCUT2D eigenvalue weighted by Crippen LogP contribution is -2.54. The Hall–Kier alpha value is -1.95. The lowest BCUT2D eigenvalue weighted by molar-refractivity contribution is -0.157. The van der Waals surface area contributed by atoms with E-state index in [-0.39, 0.29) is 36.0 Å². The van der Waals surface area contributed by atoms with Crippen LogP contribution in [0.4, 0.5) is 0 Å². The Labute approximate surface area is 153 Å². The number of hydrogen-bond acceptors (Lipinski definition) is 6. The zero-order valence-corrected chi connectivity index (χ0v) is 15.7. The third-order valence-corrected chi connectivity index (χ3v) is 6.11. The zero-order valence-electron chi connectivity index (χ0n) is 15.7. The van der Waals surface area contributed by atoms with Gasteiger partial charge in [0.15, 0.2) is 5.76 Å². The fraction of sp³-hybridized carbons (Fsp3) is 0.650.